The molecule has 4 nitrogen and oxygen atoms in total. The Morgan fingerprint density at radius 2 is 2.00 bits per heavy atom. The van der Waals surface area contributed by atoms with Crippen LogP contribution in [0.15, 0.2) is 65.3 Å². The number of rotatable bonds is 4. The van der Waals surface area contributed by atoms with Crippen molar-refractivity contribution in [2.75, 3.05) is 19.7 Å². The van der Waals surface area contributed by atoms with E-state index in [1.54, 1.807) is 10.7 Å². The Balaban J connectivity index is 1.43. The van der Waals surface area contributed by atoms with Gasteiger partial charge in [-0.25, -0.2) is 9.07 Å². The minimum Gasteiger partial charge on any atom is -0.371 e. The van der Waals surface area contributed by atoms with Crippen LogP contribution in [-0.4, -0.2) is 34.4 Å². The predicted octanol–water partition coefficient (Wildman–Crippen LogP) is 4.35. The molecule has 1 aromatic heterocycles. The Labute approximate surface area is 160 Å². The lowest BCUT2D eigenvalue weighted by Crippen LogP contribution is -2.37. The molecular formula is C20H19BrFN3O. The minimum absolute atomic E-state index is 0.0714. The smallest absolute Gasteiger partial charge is 0.125 e. The largest absolute Gasteiger partial charge is 0.371 e. The SMILES string of the molecule is Fc1cccc(-n2ccc(CN3CCO[C@H](c4ccc(Br)cc4)C3)n2)c1. The summed E-state index contributed by atoms with van der Waals surface area (Å²) in [7, 11) is 0. The zero-order valence-corrected chi connectivity index (χ0v) is 15.8. The predicted molar refractivity (Wildman–Crippen MR) is 102 cm³/mol. The Morgan fingerprint density at radius 3 is 2.81 bits per heavy atom. The van der Waals surface area contributed by atoms with E-state index in [9.17, 15) is 4.39 Å². The van der Waals surface area contributed by atoms with Crippen molar-refractivity contribution in [2.24, 2.45) is 0 Å². The van der Waals surface area contributed by atoms with Gasteiger partial charge < -0.3 is 4.74 Å². The van der Waals surface area contributed by atoms with Gasteiger partial charge in [-0.1, -0.05) is 34.1 Å². The highest BCUT2D eigenvalue weighted by molar-refractivity contribution is 9.10. The quantitative estimate of drug-likeness (QED) is 0.634. The molecule has 1 atom stereocenters. The average molecular weight is 416 g/mol. The van der Waals surface area contributed by atoms with E-state index < -0.39 is 0 Å². The van der Waals surface area contributed by atoms with Crippen molar-refractivity contribution in [3.05, 3.63) is 82.3 Å². The van der Waals surface area contributed by atoms with Gasteiger partial charge in [0.1, 0.15) is 5.82 Å². The second-order valence-electron chi connectivity index (χ2n) is 6.38. The van der Waals surface area contributed by atoms with E-state index in [1.165, 1.54) is 17.7 Å². The molecule has 0 spiro atoms. The summed E-state index contributed by atoms with van der Waals surface area (Å²) in [5, 5.41) is 4.59. The van der Waals surface area contributed by atoms with Crippen LogP contribution in [0.2, 0.25) is 0 Å². The monoisotopic (exact) mass is 415 g/mol. The summed E-state index contributed by atoms with van der Waals surface area (Å²) in [6, 6.07) is 16.7. The van der Waals surface area contributed by atoms with Crippen LogP contribution in [0.4, 0.5) is 4.39 Å². The summed E-state index contributed by atoms with van der Waals surface area (Å²) in [5.74, 6) is -0.259. The van der Waals surface area contributed by atoms with E-state index in [0.717, 1.165) is 35.5 Å². The summed E-state index contributed by atoms with van der Waals surface area (Å²) < 4.78 is 22.1. The van der Waals surface area contributed by atoms with Gasteiger partial charge in [0.25, 0.3) is 0 Å². The molecule has 26 heavy (non-hydrogen) atoms. The molecule has 0 saturated carbocycles. The molecule has 0 radical (unpaired) electrons. The normalized spacial score (nSPS) is 18.2. The van der Waals surface area contributed by atoms with Crippen LogP contribution in [0.25, 0.3) is 5.69 Å². The fourth-order valence-corrected chi connectivity index (χ4v) is 3.43. The van der Waals surface area contributed by atoms with E-state index >= 15 is 0 Å². The van der Waals surface area contributed by atoms with E-state index in [4.69, 9.17) is 4.74 Å². The molecule has 0 amide bonds. The lowest BCUT2D eigenvalue weighted by atomic mass is 10.1. The Bertz CT molecular complexity index is 881. The highest BCUT2D eigenvalue weighted by atomic mass is 79.9. The Kier molecular flexibility index (Phi) is 5.15. The van der Waals surface area contributed by atoms with Gasteiger partial charge in [-0.3, -0.25) is 4.90 Å². The van der Waals surface area contributed by atoms with Crippen molar-refractivity contribution in [2.45, 2.75) is 12.6 Å². The molecule has 1 aliphatic rings. The third kappa shape index (κ3) is 4.03. The van der Waals surface area contributed by atoms with Crippen LogP contribution < -0.4 is 0 Å². The summed E-state index contributed by atoms with van der Waals surface area (Å²) in [6.45, 7) is 3.15. The van der Waals surface area contributed by atoms with Crippen LogP contribution in [0.1, 0.15) is 17.4 Å². The maximum absolute atomic E-state index is 13.4. The number of halogens is 2. The van der Waals surface area contributed by atoms with E-state index in [-0.39, 0.29) is 11.9 Å². The minimum atomic E-state index is -0.259. The third-order valence-electron chi connectivity index (χ3n) is 4.50. The van der Waals surface area contributed by atoms with Gasteiger partial charge >= 0.3 is 0 Å². The molecular weight excluding hydrogens is 397 g/mol. The first-order valence-corrected chi connectivity index (χ1v) is 9.36. The van der Waals surface area contributed by atoms with E-state index in [1.807, 2.05) is 30.5 Å². The van der Waals surface area contributed by atoms with Crippen molar-refractivity contribution in [3.63, 3.8) is 0 Å². The number of ether oxygens (including phenoxy) is 1. The van der Waals surface area contributed by atoms with Crippen LogP contribution in [0.5, 0.6) is 0 Å². The molecule has 3 aromatic rings. The molecule has 0 aliphatic carbocycles. The van der Waals surface area contributed by atoms with E-state index in [2.05, 4.69) is 38.1 Å². The van der Waals surface area contributed by atoms with Gasteiger partial charge in [0.05, 0.1) is 24.1 Å². The average Bonchev–Trinajstić information content (AvgIpc) is 3.11. The highest BCUT2D eigenvalue weighted by Gasteiger charge is 2.22. The molecule has 2 heterocycles. The maximum atomic E-state index is 13.4. The molecule has 0 N–H and O–H groups in total. The maximum Gasteiger partial charge on any atom is 0.125 e. The molecule has 2 aromatic carbocycles. The number of hydrogen-bond donors (Lipinski definition) is 0. The molecule has 0 unspecified atom stereocenters. The number of aromatic nitrogens is 2. The van der Waals surface area contributed by atoms with Crippen molar-refractivity contribution < 1.29 is 9.13 Å². The number of hydrogen-bond acceptors (Lipinski definition) is 3. The van der Waals surface area contributed by atoms with Gasteiger partial charge in [0.15, 0.2) is 0 Å². The molecule has 0 bridgehead atoms. The fourth-order valence-electron chi connectivity index (χ4n) is 3.16. The molecule has 134 valence electrons. The van der Waals surface area contributed by atoms with Gasteiger partial charge in [-0.15, -0.1) is 0 Å². The number of benzene rings is 2. The zero-order valence-electron chi connectivity index (χ0n) is 14.2. The summed E-state index contributed by atoms with van der Waals surface area (Å²) in [5.41, 5.74) is 2.87. The first kappa shape index (κ1) is 17.4. The van der Waals surface area contributed by atoms with Crippen LogP contribution in [0.3, 0.4) is 0 Å². The first-order chi connectivity index (χ1) is 12.7. The van der Waals surface area contributed by atoms with Crippen molar-refractivity contribution >= 4 is 15.9 Å². The van der Waals surface area contributed by atoms with Crippen LogP contribution in [0, 0.1) is 5.82 Å². The summed E-state index contributed by atoms with van der Waals surface area (Å²) in [6.07, 6.45) is 1.94. The topological polar surface area (TPSA) is 30.3 Å². The van der Waals surface area contributed by atoms with Crippen molar-refractivity contribution in [1.82, 2.24) is 14.7 Å². The lowest BCUT2D eigenvalue weighted by molar-refractivity contribution is -0.0333. The number of morpholine rings is 1. The van der Waals surface area contributed by atoms with Gasteiger partial charge in [0, 0.05) is 30.3 Å². The summed E-state index contributed by atoms with van der Waals surface area (Å²) in [4.78, 5) is 2.34. The van der Waals surface area contributed by atoms with Crippen LogP contribution in [-0.2, 0) is 11.3 Å². The standard InChI is InChI=1S/C20H19BrFN3O/c21-16-6-4-15(5-7-16)20-14-24(10-11-26-20)13-18-8-9-25(23-18)19-3-1-2-17(22)12-19/h1-9,12,20H,10-11,13-14H2/t20-/m0/s1. The lowest BCUT2D eigenvalue weighted by Gasteiger charge is -2.32. The second kappa shape index (κ2) is 7.70. The van der Waals surface area contributed by atoms with Gasteiger partial charge in [-0.2, -0.15) is 5.10 Å². The molecule has 1 fully saturated rings. The Hall–Kier alpha value is -2.02. The molecule has 4 rings (SSSR count). The third-order valence-corrected chi connectivity index (χ3v) is 5.02. The molecule has 1 aliphatic heterocycles. The Morgan fingerprint density at radius 1 is 1.15 bits per heavy atom. The highest BCUT2D eigenvalue weighted by Crippen LogP contribution is 2.24. The first-order valence-electron chi connectivity index (χ1n) is 8.57. The van der Waals surface area contributed by atoms with Crippen molar-refractivity contribution in [1.29, 1.82) is 0 Å². The fraction of sp³-hybridized carbons (Fsp3) is 0.250. The van der Waals surface area contributed by atoms with Gasteiger partial charge in [0.2, 0.25) is 0 Å². The molecule has 6 heteroatoms. The van der Waals surface area contributed by atoms with Gasteiger partial charge in [-0.05, 0) is 42.0 Å². The summed E-state index contributed by atoms with van der Waals surface area (Å²) >= 11 is 3.47. The second-order valence-corrected chi connectivity index (χ2v) is 7.29. The number of nitrogens with zero attached hydrogens (tertiary/aromatic N) is 3. The molecule has 1 saturated heterocycles. The van der Waals surface area contributed by atoms with E-state index in [0.29, 0.717) is 6.61 Å². The zero-order chi connectivity index (χ0) is 17.9. The van der Waals surface area contributed by atoms with Crippen LogP contribution >= 0.6 is 15.9 Å². The van der Waals surface area contributed by atoms with Crippen molar-refractivity contribution in [3.8, 4) is 5.69 Å².